The van der Waals surface area contributed by atoms with Crippen LogP contribution in [0.3, 0.4) is 0 Å². The first-order valence-corrected chi connectivity index (χ1v) is 12.4. The molecule has 0 aliphatic carbocycles. The minimum Gasteiger partial charge on any atom is -0.322 e. The molecule has 0 spiro atoms. The Kier molecular flexibility index (Phi) is 6.44. The van der Waals surface area contributed by atoms with Gasteiger partial charge in [0.05, 0.1) is 9.79 Å². The van der Waals surface area contributed by atoms with Crippen LogP contribution >= 0.6 is 0 Å². The van der Waals surface area contributed by atoms with Crippen molar-refractivity contribution in [1.82, 2.24) is 0 Å². The highest BCUT2D eigenvalue weighted by molar-refractivity contribution is 7.90. The van der Waals surface area contributed by atoms with Crippen LogP contribution in [0, 0.1) is 0 Å². The van der Waals surface area contributed by atoms with E-state index in [1.54, 1.807) is 0 Å². The first-order chi connectivity index (χ1) is 14.9. The third kappa shape index (κ3) is 5.78. The first kappa shape index (κ1) is 23.1. The fourth-order valence-corrected chi connectivity index (χ4v) is 3.79. The summed E-state index contributed by atoms with van der Waals surface area (Å²) >= 11 is 0. The van der Waals surface area contributed by atoms with Gasteiger partial charge in [-0.15, -0.1) is 0 Å². The summed E-state index contributed by atoms with van der Waals surface area (Å²) < 4.78 is 54.1. The zero-order valence-corrected chi connectivity index (χ0v) is 18.3. The van der Waals surface area contributed by atoms with E-state index in [1.807, 2.05) is 0 Å². The van der Waals surface area contributed by atoms with Crippen LogP contribution < -0.4 is 10.6 Å². The lowest BCUT2D eigenvalue weighted by Gasteiger charge is -2.08. The molecule has 0 aliphatic heterocycles. The maximum atomic E-state index is 12.4. The van der Waals surface area contributed by atoms with Gasteiger partial charge in [-0.3, -0.25) is 14.1 Å². The van der Waals surface area contributed by atoms with Crippen molar-refractivity contribution in [2.75, 3.05) is 16.9 Å². The third-order valence-corrected chi connectivity index (χ3v) is 6.36. The number of rotatable bonds is 6. The topological polar surface area (TPSA) is 147 Å². The Bertz CT molecular complexity index is 1260. The molecular formula is C21H18N2O7S2. The number of anilines is 2. The van der Waals surface area contributed by atoms with Crippen molar-refractivity contribution < 1.29 is 31.0 Å². The zero-order chi connectivity index (χ0) is 23.5. The molecule has 0 heterocycles. The lowest BCUT2D eigenvalue weighted by molar-refractivity contribution is 0.101. The number of benzene rings is 3. The van der Waals surface area contributed by atoms with Crippen LogP contribution in [0.2, 0.25) is 0 Å². The second-order valence-corrected chi connectivity index (χ2v) is 10.2. The molecule has 166 valence electrons. The minimum atomic E-state index is -4.32. The Morgan fingerprint density at radius 1 is 0.625 bits per heavy atom. The predicted molar refractivity (Wildman–Crippen MR) is 118 cm³/mol. The molecule has 0 saturated carbocycles. The summed E-state index contributed by atoms with van der Waals surface area (Å²) in [4.78, 5) is 24.6. The van der Waals surface area contributed by atoms with E-state index in [0.29, 0.717) is 11.4 Å². The molecule has 32 heavy (non-hydrogen) atoms. The standard InChI is InChI=1S/C21H18N2O7S2/c1-31(26,27)18-10-6-16(7-11-18)22-20(24)14-2-4-15(5-3-14)21(25)23-17-8-12-19(13-9-17)32(28,29)30/h2-13H,1H3,(H,22,24)(H,23,25)(H,28,29,30). The third-order valence-electron chi connectivity index (χ3n) is 4.36. The van der Waals surface area contributed by atoms with Crippen LogP contribution in [0.25, 0.3) is 0 Å². The Labute approximate surface area is 184 Å². The molecule has 3 aromatic rings. The summed E-state index contributed by atoms with van der Waals surface area (Å²) in [5, 5.41) is 5.22. The summed E-state index contributed by atoms with van der Waals surface area (Å²) in [6, 6.07) is 16.5. The molecule has 0 aliphatic rings. The van der Waals surface area contributed by atoms with E-state index in [1.165, 1.54) is 60.7 Å². The van der Waals surface area contributed by atoms with Crippen LogP contribution in [0.4, 0.5) is 11.4 Å². The number of carbonyl (C=O) groups is 2. The average molecular weight is 475 g/mol. The molecule has 0 unspecified atom stereocenters. The van der Waals surface area contributed by atoms with Crippen LogP contribution in [0.15, 0.2) is 82.6 Å². The van der Waals surface area contributed by atoms with Crippen LogP contribution in [-0.2, 0) is 20.0 Å². The second-order valence-electron chi connectivity index (χ2n) is 6.78. The van der Waals surface area contributed by atoms with E-state index in [9.17, 15) is 26.4 Å². The van der Waals surface area contributed by atoms with Gasteiger partial charge in [-0.1, -0.05) is 0 Å². The lowest BCUT2D eigenvalue weighted by Crippen LogP contribution is -2.14. The number of hydrogen-bond donors (Lipinski definition) is 3. The fourth-order valence-electron chi connectivity index (χ4n) is 2.68. The largest absolute Gasteiger partial charge is 0.322 e. The summed E-state index contributed by atoms with van der Waals surface area (Å²) in [7, 11) is -7.65. The molecule has 0 bridgehead atoms. The van der Waals surface area contributed by atoms with Gasteiger partial charge in [0.2, 0.25) is 0 Å². The Hall–Kier alpha value is -3.54. The van der Waals surface area contributed by atoms with Gasteiger partial charge in [0.25, 0.3) is 21.9 Å². The molecule has 3 aromatic carbocycles. The van der Waals surface area contributed by atoms with E-state index in [2.05, 4.69) is 10.6 Å². The van der Waals surface area contributed by atoms with Crippen LogP contribution in [0.5, 0.6) is 0 Å². The van der Waals surface area contributed by atoms with Crippen LogP contribution in [-0.4, -0.2) is 39.5 Å². The zero-order valence-electron chi connectivity index (χ0n) is 16.6. The lowest BCUT2D eigenvalue weighted by atomic mass is 10.1. The van der Waals surface area contributed by atoms with Crippen molar-refractivity contribution in [3.8, 4) is 0 Å². The highest BCUT2D eigenvalue weighted by Gasteiger charge is 2.12. The molecule has 0 atom stereocenters. The molecule has 0 aromatic heterocycles. The van der Waals surface area contributed by atoms with Crippen molar-refractivity contribution in [3.63, 3.8) is 0 Å². The smallest absolute Gasteiger partial charge is 0.294 e. The van der Waals surface area contributed by atoms with Gasteiger partial charge >= 0.3 is 0 Å². The number of hydrogen-bond acceptors (Lipinski definition) is 6. The van der Waals surface area contributed by atoms with E-state index in [0.717, 1.165) is 18.4 Å². The quantitative estimate of drug-likeness (QED) is 0.466. The molecule has 2 amide bonds. The summed E-state index contributed by atoms with van der Waals surface area (Å²) in [5.74, 6) is -0.919. The van der Waals surface area contributed by atoms with Gasteiger partial charge in [-0.2, -0.15) is 8.42 Å². The molecule has 3 rings (SSSR count). The molecule has 3 N–H and O–H groups in total. The van der Waals surface area contributed by atoms with E-state index in [4.69, 9.17) is 4.55 Å². The monoisotopic (exact) mass is 474 g/mol. The van der Waals surface area contributed by atoms with Crippen molar-refractivity contribution in [2.24, 2.45) is 0 Å². The van der Waals surface area contributed by atoms with Crippen molar-refractivity contribution in [1.29, 1.82) is 0 Å². The highest BCUT2D eigenvalue weighted by atomic mass is 32.2. The van der Waals surface area contributed by atoms with Gasteiger partial charge in [0.15, 0.2) is 9.84 Å². The van der Waals surface area contributed by atoms with Gasteiger partial charge in [-0.05, 0) is 72.8 Å². The highest BCUT2D eigenvalue weighted by Crippen LogP contribution is 2.17. The Morgan fingerprint density at radius 3 is 1.28 bits per heavy atom. The van der Waals surface area contributed by atoms with E-state index < -0.39 is 31.8 Å². The second kappa shape index (κ2) is 8.91. The van der Waals surface area contributed by atoms with Gasteiger partial charge in [-0.25, -0.2) is 8.42 Å². The van der Waals surface area contributed by atoms with Crippen molar-refractivity contribution >= 4 is 43.1 Å². The fraction of sp³-hybridized carbons (Fsp3) is 0.0476. The summed E-state index contributed by atoms with van der Waals surface area (Å²) in [5.41, 5.74) is 1.28. The number of amides is 2. The molecule has 0 saturated heterocycles. The van der Waals surface area contributed by atoms with Gasteiger partial charge in [0, 0.05) is 28.8 Å². The summed E-state index contributed by atoms with van der Waals surface area (Å²) in [6.45, 7) is 0. The number of nitrogens with one attached hydrogen (secondary N) is 2. The van der Waals surface area contributed by atoms with Crippen molar-refractivity contribution in [2.45, 2.75) is 9.79 Å². The molecular weight excluding hydrogens is 456 g/mol. The maximum absolute atomic E-state index is 12.4. The summed E-state index contributed by atoms with van der Waals surface area (Å²) in [6.07, 6.45) is 1.09. The molecule has 11 heteroatoms. The average Bonchev–Trinajstić information content (AvgIpc) is 2.73. The normalized spacial score (nSPS) is 11.6. The van der Waals surface area contributed by atoms with Gasteiger partial charge in [0.1, 0.15) is 0 Å². The molecule has 0 radical (unpaired) electrons. The Morgan fingerprint density at radius 2 is 0.969 bits per heavy atom. The predicted octanol–water partition coefficient (Wildman–Crippen LogP) is 2.84. The number of sulfone groups is 1. The van der Waals surface area contributed by atoms with Gasteiger partial charge < -0.3 is 10.6 Å². The number of carbonyl (C=O) groups excluding carboxylic acids is 2. The molecule has 9 nitrogen and oxygen atoms in total. The van der Waals surface area contributed by atoms with E-state index >= 15 is 0 Å². The first-order valence-electron chi connectivity index (χ1n) is 9.04. The van der Waals surface area contributed by atoms with E-state index in [-0.39, 0.29) is 20.9 Å². The minimum absolute atomic E-state index is 0.137. The SMILES string of the molecule is CS(=O)(=O)c1ccc(NC(=O)c2ccc(C(=O)Nc3ccc(S(=O)(=O)O)cc3)cc2)cc1. The Balaban J connectivity index is 1.65. The van der Waals surface area contributed by atoms with Crippen LogP contribution in [0.1, 0.15) is 20.7 Å². The van der Waals surface area contributed by atoms with Crippen molar-refractivity contribution in [3.05, 3.63) is 83.9 Å². The maximum Gasteiger partial charge on any atom is 0.294 e. The molecule has 0 fully saturated rings.